The van der Waals surface area contributed by atoms with Crippen LogP contribution in [0.5, 0.6) is 11.5 Å². The van der Waals surface area contributed by atoms with Crippen LogP contribution in [0.15, 0.2) is 18.2 Å². The fourth-order valence-electron chi connectivity index (χ4n) is 3.57. The average molecular weight is 348 g/mol. The van der Waals surface area contributed by atoms with Crippen molar-refractivity contribution in [1.29, 1.82) is 0 Å². The quantitative estimate of drug-likeness (QED) is 0.777. The molecule has 2 aliphatic rings. The molecule has 1 aromatic rings. The van der Waals surface area contributed by atoms with E-state index in [0.717, 1.165) is 17.1 Å². The van der Waals surface area contributed by atoms with Crippen molar-refractivity contribution in [2.75, 3.05) is 40.0 Å². The average Bonchev–Trinajstić information content (AvgIpc) is 3.40. The highest BCUT2D eigenvalue weighted by Gasteiger charge is 2.44. The van der Waals surface area contributed by atoms with E-state index in [0.29, 0.717) is 32.2 Å². The third kappa shape index (κ3) is 3.75. The Bertz CT molecular complexity index is 632. The van der Waals surface area contributed by atoms with E-state index >= 15 is 0 Å². The van der Waals surface area contributed by atoms with E-state index in [1.165, 1.54) is 12.8 Å². The Labute approximate surface area is 148 Å². The van der Waals surface area contributed by atoms with Gasteiger partial charge in [-0.1, -0.05) is 13.0 Å². The van der Waals surface area contributed by atoms with Crippen molar-refractivity contribution in [3.8, 4) is 11.5 Å². The number of likely N-dealkylation sites (tertiary alicyclic amines) is 1. The Morgan fingerprint density at radius 1 is 1.40 bits per heavy atom. The lowest BCUT2D eigenvalue weighted by Crippen LogP contribution is -2.36. The molecule has 1 aromatic carbocycles. The Kier molecular flexibility index (Phi) is 5.20. The molecule has 138 valence electrons. The summed E-state index contributed by atoms with van der Waals surface area (Å²) >= 11 is 0. The molecule has 0 bridgehead atoms. The van der Waals surface area contributed by atoms with Gasteiger partial charge in [0.05, 0.1) is 13.7 Å². The second-order valence-corrected chi connectivity index (χ2v) is 7.51. The van der Waals surface area contributed by atoms with Gasteiger partial charge in [0, 0.05) is 31.0 Å². The summed E-state index contributed by atoms with van der Waals surface area (Å²) in [6.45, 7) is 3.92. The SMILES string of the molecule is COc1ccc(C2CN(C(=O)CO)CC2(C)CN)cc1OCC1CC1. The van der Waals surface area contributed by atoms with Gasteiger partial charge in [-0.15, -0.1) is 0 Å². The van der Waals surface area contributed by atoms with Crippen LogP contribution in [0.25, 0.3) is 0 Å². The van der Waals surface area contributed by atoms with Gasteiger partial charge >= 0.3 is 0 Å². The first-order chi connectivity index (χ1) is 12.0. The fourth-order valence-corrected chi connectivity index (χ4v) is 3.57. The summed E-state index contributed by atoms with van der Waals surface area (Å²) in [5.41, 5.74) is 6.91. The molecule has 0 spiro atoms. The normalized spacial score (nSPS) is 25.9. The third-order valence-electron chi connectivity index (χ3n) is 5.51. The predicted octanol–water partition coefficient (Wildman–Crippen LogP) is 1.37. The predicted molar refractivity (Wildman–Crippen MR) is 94.8 cm³/mol. The lowest BCUT2D eigenvalue weighted by Gasteiger charge is -2.29. The monoisotopic (exact) mass is 348 g/mol. The molecule has 2 unspecified atom stereocenters. The summed E-state index contributed by atoms with van der Waals surface area (Å²) in [5, 5.41) is 9.18. The van der Waals surface area contributed by atoms with E-state index in [2.05, 4.69) is 6.92 Å². The molecular formula is C19H28N2O4. The van der Waals surface area contributed by atoms with Crippen LogP contribution in [0.1, 0.15) is 31.2 Å². The molecule has 0 radical (unpaired) electrons. The highest BCUT2D eigenvalue weighted by Crippen LogP contribution is 2.44. The Morgan fingerprint density at radius 2 is 2.16 bits per heavy atom. The first kappa shape index (κ1) is 18.0. The summed E-state index contributed by atoms with van der Waals surface area (Å²) in [4.78, 5) is 13.6. The maximum absolute atomic E-state index is 11.9. The first-order valence-corrected chi connectivity index (χ1v) is 8.90. The third-order valence-corrected chi connectivity index (χ3v) is 5.51. The van der Waals surface area contributed by atoms with Crippen molar-refractivity contribution in [2.24, 2.45) is 17.1 Å². The van der Waals surface area contributed by atoms with Crippen molar-refractivity contribution < 1.29 is 19.4 Å². The van der Waals surface area contributed by atoms with Gasteiger partial charge in [-0.3, -0.25) is 4.79 Å². The lowest BCUT2D eigenvalue weighted by molar-refractivity contribution is -0.133. The van der Waals surface area contributed by atoms with E-state index < -0.39 is 6.61 Å². The number of methoxy groups -OCH3 is 1. The second-order valence-electron chi connectivity index (χ2n) is 7.51. The number of rotatable bonds is 7. The van der Waals surface area contributed by atoms with Gasteiger partial charge in [0.1, 0.15) is 6.61 Å². The number of amides is 1. The summed E-state index contributed by atoms with van der Waals surface area (Å²) in [5.74, 6) is 1.98. The standard InChI is InChI=1S/C19H28N2O4/c1-19(11-20)12-21(18(23)9-22)8-15(19)14-5-6-16(24-2)17(7-14)25-10-13-3-4-13/h5-7,13,15,22H,3-4,8-12,20H2,1-2H3. The maximum atomic E-state index is 11.9. The maximum Gasteiger partial charge on any atom is 0.248 e. The zero-order valence-electron chi connectivity index (χ0n) is 15.0. The van der Waals surface area contributed by atoms with Gasteiger partial charge in [-0.05, 0) is 36.5 Å². The van der Waals surface area contributed by atoms with Crippen LogP contribution >= 0.6 is 0 Å². The van der Waals surface area contributed by atoms with E-state index in [4.69, 9.17) is 15.2 Å². The van der Waals surface area contributed by atoms with Crippen LogP contribution in [0.2, 0.25) is 0 Å². The second kappa shape index (κ2) is 7.22. The lowest BCUT2D eigenvalue weighted by atomic mass is 9.76. The highest BCUT2D eigenvalue weighted by molar-refractivity contribution is 5.77. The van der Waals surface area contributed by atoms with Gasteiger partial charge in [-0.2, -0.15) is 0 Å². The highest BCUT2D eigenvalue weighted by atomic mass is 16.5. The number of carbonyl (C=O) groups excluding carboxylic acids is 1. The number of nitrogens with two attached hydrogens (primary N) is 1. The topological polar surface area (TPSA) is 85.0 Å². The largest absolute Gasteiger partial charge is 0.493 e. The number of benzene rings is 1. The fraction of sp³-hybridized carbons (Fsp3) is 0.632. The zero-order chi connectivity index (χ0) is 18.0. The minimum atomic E-state index is -0.467. The van der Waals surface area contributed by atoms with Gasteiger partial charge in [-0.25, -0.2) is 0 Å². The molecule has 1 saturated heterocycles. The molecule has 1 amide bonds. The van der Waals surface area contributed by atoms with E-state index in [1.54, 1.807) is 12.0 Å². The molecule has 1 heterocycles. The molecule has 25 heavy (non-hydrogen) atoms. The Balaban J connectivity index is 1.85. The number of ether oxygens (including phenoxy) is 2. The number of aliphatic hydroxyl groups is 1. The molecule has 6 heteroatoms. The minimum absolute atomic E-state index is 0.0992. The number of aliphatic hydroxyl groups excluding tert-OH is 1. The first-order valence-electron chi connectivity index (χ1n) is 8.90. The molecule has 2 fully saturated rings. The number of hydrogen-bond acceptors (Lipinski definition) is 5. The van der Waals surface area contributed by atoms with E-state index in [9.17, 15) is 9.90 Å². The van der Waals surface area contributed by atoms with Crippen LogP contribution in [-0.4, -0.2) is 55.9 Å². The van der Waals surface area contributed by atoms with Crippen LogP contribution in [0.3, 0.4) is 0 Å². The number of carbonyl (C=O) groups is 1. The molecule has 0 aromatic heterocycles. The number of hydrogen-bond donors (Lipinski definition) is 2. The van der Waals surface area contributed by atoms with Gasteiger partial charge in [0.25, 0.3) is 0 Å². The van der Waals surface area contributed by atoms with E-state index in [-0.39, 0.29) is 17.2 Å². The van der Waals surface area contributed by atoms with Crippen molar-refractivity contribution in [1.82, 2.24) is 4.90 Å². The summed E-state index contributed by atoms with van der Waals surface area (Å²) in [7, 11) is 1.64. The van der Waals surface area contributed by atoms with E-state index in [1.807, 2.05) is 18.2 Å². The molecule has 2 atom stereocenters. The number of nitrogens with zero attached hydrogens (tertiary/aromatic N) is 1. The molecule has 1 saturated carbocycles. The van der Waals surface area contributed by atoms with Crippen molar-refractivity contribution in [3.05, 3.63) is 23.8 Å². The van der Waals surface area contributed by atoms with Crippen molar-refractivity contribution >= 4 is 5.91 Å². The molecule has 1 aliphatic carbocycles. The van der Waals surface area contributed by atoms with Crippen LogP contribution in [0, 0.1) is 11.3 Å². The Hall–Kier alpha value is -1.79. The van der Waals surface area contributed by atoms with Crippen LogP contribution in [-0.2, 0) is 4.79 Å². The van der Waals surface area contributed by atoms with Crippen molar-refractivity contribution in [2.45, 2.75) is 25.7 Å². The zero-order valence-corrected chi connectivity index (χ0v) is 15.0. The summed E-state index contributed by atoms with van der Waals surface area (Å²) < 4.78 is 11.4. The van der Waals surface area contributed by atoms with Crippen LogP contribution < -0.4 is 15.2 Å². The molecular weight excluding hydrogens is 320 g/mol. The molecule has 1 aliphatic heterocycles. The summed E-state index contributed by atoms with van der Waals surface area (Å²) in [6, 6.07) is 5.96. The Morgan fingerprint density at radius 3 is 2.76 bits per heavy atom. The molecule has 6 nitrogen and oxygen atoms in total. The molecule has 3 N–H and O–H groups in total. The van der Waals surface area contributed by atoms with Gasteiger partial charge in [0.2, 0.25) is 5.91 Å². The molecule has 3 rings (SSSR count). The van der Waals surface area contributed by atoms with Crippen LogP contribution in [0.4, 0.5) is 0 Å². The summed E-state index contributed by atoms with van der Waals surface area (Å²) in [6.07, 6.45) is 2.46. The minimum Gasteiger partial charge on any atom is -0.493 e. The van der Waals surface area contributed by atoms with Crippen molar-refractivity contribution in [3.63, 3.8) is 0 Å². The van der Waals surface area contributed by atoms with Gasteiger partial charge in [0.15, 0.2) is 11.5 Å². The smallest absolute Gasteiger partial charge is 0.248 e. The van der Waals surface area contributed by atoms with Gasteiger partial charge < -0.3 is 25.2 Å².